The maximum Gasteiger partial charge on any atom is 0.123 e. The van der Waals surface area contributed by atoms with Gasteiger partial charge in [0, 0.05) is 19.8 Å². The normalized spacial score (nSPS) is 10.9. The van der Waals surface area contributed by atoms with E-state index in [0.29, 0.717) is 0 Å². The molecule has 19 heavy (non-hydrogen) atoms. The highest BCUT2D eigenvalue weighted by molar-refractivity contribution is 5.50. The van der Waals surface area contributed by atoms with Gasteiger partial charge in [0.1, 0.15) is 5.82 Å². The Kier molecular flexibility index (Phi) is 4.35. The summed E-state index contributed by atoms with van der Waals surface area (Å²) in [5, 5.41) is 0. The van der Waals surface area contributed by atoms with E-state index in [1.807, 2.05) is 20.2 Å². The van der Waals surface area contributed by atoms with Gasteiger partial charge >= 0.3 is 0 Å². The Morgan fingerprint density at radius 1 is 0.947 bits per heavy atom. The number of halogens is 1. The first-order valence-electron chi connectivity index (χ1n) is 6.33. The molecule has 1 nitrogen and oxygen atoms in total. The zero-order chi connectivity index (χ0) is 13.7. The number of hydrogen-bond donors (Lipinski definition) is 0. The molecule has 0 aliphatic rings. The van der Waals surface area contributed by atoms with E-state index in [1.165, 1.54) is 23.4 Å². The third-order valence-electron chi connectivity index (χ3n) is 2.99. The summed E-state index contributed by atoms with van der Waals surface area (Å²) in [6.45, 7) is 0. The van der Waals surface area contributed by atoms with E-state index in [4.69, 9.17) is 0 Å². The van der Waals surface area contributed by atoms with Crippen LogP contribution in [-0.2, 0) is 6.42 Å². The molecule has 0 fully saturated rings. The fraction of sp³-hybridized carbons (Fsp3) is 0.176. The molecule has 0 atom stereocenters. The maximum absolute atomic E-state index is 12.7. The van der Waals surface area contributed by atoms with Crippen LogP contribution in [0.4, 0.5) is 10.1 Å². The van der Waals surface area contributed by atoms with Crippen LogP contribution in [0, 0.1) is 5.82 Å². The van der Waals surface area contributed by atoms with E-state index in [1.54, 1.807) is 12.1 Å². The Bertz CT molecular complexity index is 538. The zero-order valence-electron chi connectivity index (χ0n) is 11.3. The molecule has 0 spiro atoms. The van der Waals surface area contributed by atoms with Crippen molar-refractivity contribution >= 4 is 11.8 Å². The molecule has 2 aromatic rings. The summed E-state index contributed by atoms with van der Waals surface area (Å²) in [6.07, 6.45) is 4.99. The van der Waals surface area contributed by atoms with Crippen LogP contribution in [0.2, 0.25) is 0 Å². The van der Waals surface area contributed by atoms with Crippen molar-refractivity contribution in [1.82, 2.24) is 0 Å². The van der Waals surface area contributed by atoms with Crippen molar-refractivity contribution in [2.45, 2.75) is 6.42 Å². The van der Waals surface area contributed by atoms with Crippen LogP contribution in [0.15, 0.2) is 54.6 Å². The van der Waals surface area contributed by atoms with Gasteiger partial charge in [-0.15, -0.1) is 0 Å². The number of hydrogen-bond acceptors (Lipinski definition) is 1. The van der Waals surface area contributed by atoms with Crippen molar-refractivity contribution in [3.63, 3.8) is 0 Å². The van der Waals surface area contributed by atoms with Crippen LogP contribution in [0.25, 0.3) is 6.08 Å². The Labute approximate surface area is 114 Å². The summed E-state index contributed by atoms with van der Waals surface area (Å²) in [7, 11) is 4.06. The van der Waals surface area contributed by atoms with Gasteiger partial charge in [-0.2, -0.15) is 0 Å². The number of allylic oxidation sites excluding steroid dienone is 1. The molecule has 2 aromatic carbocycles. The lowest BCUT2D eigenvalue weighted by Crippen LogP contribution is -2.08. The van der Waals surface area contributed by atoms with Crippen molar-refractivity contribution < 1.29 is 4.39 Å². The van der Waals surface area contributed by atoms with Crippen molar-refractivity contribution in [1.29, 1.82) is 0 Å². The molecule has 2 heteroatoms. The summed E-state index contributed by atoms with van der Waals surface area (Å²) in [6, 6.07) is 15.0. The minimum Gasteiger partial charge on any atom is -0.378 e. The predicted octanol–water partition coefficient (Wildman–Crippen LogP) is 4.15. The van der Waals surface area contributed by atoms with Gasteiger partial charge in [-0.1, -0.05) is 36.4 Å². The molecule has 0 aliphatic heterocycles. The van der Waals surface area contributed by atoms with Crippen LogP contribution in [0.1, 0.15) is 11.1 Å². The van der Waals surface area contributed by atoms with E-state index in [-0.39, 0.29) is 5.82 Å². The molecule has 0 saturated carbocycles. The minimum atomic E-state index is -0.198. The largest absolute Gasteiger partial charge is 0.378 e. The fourth-order valence-electron chi connectivity index (χ4n) is 1.84. The first-order valence-corrected chi connectivity index (χ1v) is 6.33. The molecule has 0 bridgehead atoms. The monoisotopic (exact) mass is 255 g/mol. The molecule has 0 N–H and O–H groups in total. The van der Waals surface area contributed by atoms with E-state index in [9.17, 15) is 4.39 Å². The van der Waals surface area contributed by atoms with E-state index in [2.05, 4.69) is 35.2 Å². The third kappa shape index (κ3) is 3.95. The molecule has 0 saturated heterocycles. The first kappa shape index (κ1) is 13.3. The second-order valence-corrected chi connectivity index (χ2v) is 4.72. The van der Waals surface area contributed by atoms with Crippen molar-refractivity contribution in [3.8, 4) is 0 Å². The molecule has 0 aromatic heterocycles. The lowest BCUT2D eigenvalue weighted by molar-refractivity contribution is 0.628. The molecule has 0 unspecified atom stereocenters. The second kappa shape index (κ2) is 6.19. The van der Waals surface area contributed by atoms with Gasteiger partial charge in [0.25, 0.3) is 0 Å². The zero-order valence-corrected chi connectivity index (χ0v) is 11.3. The number of rotatable bonds is 4. The molecular weight excluding hydrogens is 237 g/mol. The smallest absolute Gasteiger partial charge is 0.123 e. The maximum atomic E-state index is 12.7. The topological polar surface area (TPSA) is 3.24 Å². The summed E-state index contributed by atoms with van der Waals surface area (Å²) >= 11 is 0. The van der Waals surface area contributed by atoms with E-state index >= 15 is 0 Å². The van der Waals surface area contributed by atoms with Gasteiger partial charge in [-0.05, 0) is 41.8 Å². The van der Waals surface area contributed by atoms with Crippen molar-refractivity contribution in [2.24, 2.45) is 0 Å². The quantitative estimate of drug-likeness (QED) is 0.793. The Morgan fingerprint density at radius 3 is 2.16 bits per heavy atom. The lowest BCUT2D eigenvalue weighted by atomic mass is 10.1. The summed E-state index contributed by atoms with van der Waals surface area (Å²) in [5.74, 6) is -0.198. The van der Waals surface area contributed by atoms with Crippen LogP contribution in [0.5, 0.6) is 0 Å². The van der Waals surface area contributed by atoms with E-state index < -0.39 is 0 Å². The van der Waals surface area contributed by atoms with Crippen molar-refractivity contribution in [2.75, 3.05) is 19.0 Å². The third-order valence-corrected chi connectivity index (χ3v) is 2.99. The number of anilines is 1. The minimum absolute atomic E-state index is 0.198. The Morgan fingerprint density at radius 2 is 1.58 bits per heavy atom. The number of benzene rings is 2. The Balaban J connectivity index is 1.96. The predicted molar refractivity (Wildman–Crippen MR) is 79.9 cm³/mol. The molecule has 0 heterocycles. The summed E-state index contributed by atoms with van der Waals surface area (Å²) < 4.78 is 12.7. The van der Waals surface area contributed by atoms with Gasteiger partial charge < -0.3 is 4.90 Å². The van der Waals surface area contributed by atoms with Gasteiger partial charge in [0.05, 0.1) is 0 Å². The fourth-order valence-corrected chi connectivity index (χ4v) is 1.84. The first-order chi connectivity index (χ1) is 9.15. The Hall–Kier alpha value is -2.09. The molecule has 0 radical (unpaired) electrons. The highest BCUT2D eigenvalue weighted by atomic mass is 19.1. The van der Waals surface area contributed by atoms with E-state index in [0.717, 1.165) is 12.0 Å². The molecule has 98 valence electrons. The highest BCUT2D eigenvalue weighted by Gasteiger charge is 1.95. The number of nitrogens with zero attached hydrogens (tertiary/aromatic N) is 1. The SMILES string of the molecule is CN(C)c1ccc(C/C=C/c2ccc(F)cc2)cc1. The van der Waals surface area contributed by atoms with Gasteiger partial charge in [-0.3, -0.25) is 0 Å². The van der Waals surface area contributed by atoms with Crippen molar-refractivity contribution in [3.05, 3.63) is 71.6 Å². The average Bonchev–Trinajstić information content (AvgIpc) is 2.41. The summed E-state index contributed by atoms with van der Waals surface area (Å²) in [5.41, 5.74) is 3.49. The molecular formula is C17H18FN. The van der Waals surface area contributed by atoms with Crippen LogP contribution < -0.4 is 4.90 Å². The van der Waals surface area contributed by atoms with Crippen LogP contribution in [-0.4, -0.2) is 14.1 Å². The van der Waals surface area contributed by atoms with Gasteiger partial charge in [0.2, 0.25) is 0 Å². The summed E-state index contributed by atoms with van der Waals surface area (Å²) in [4.78, 5) is 2.08. The molecule has 2 rings (SSSR count). The average molecular weight is 255 g/mol. The van der Waals surface area contributed by atoms with Crippen LogP contribution in [0.3, 0.4) is 0 Å². The van der Waals surface area contributed by atoms with Gasteiger partial charge in [0.15, 0.2) is 0 Å². The molecule has 0 amide bonds. The van der Waals surface area contributed by atoms with Crippen LogP contribution >= 0.6 is 0 Å². The standard InChI is InChI=1S/C17H18FN/c1-19(2)17-12-8-15(9-13-17)5-3-4-14-6-10-16(18)11-7-14/h3-4,6-13H,5H2,1-2H3/b4-3+. The van der Waals surface area contributed by atoms with Gasteiger partial charge in [-0.25, -0.2) is 4.39 Å². The molecule has 0 aliphatic carbocycles. The lowest BCUT2D eigenvalue weighted by Gasteiger charge is -2.12. The highest BCUT2D eigenvalue weighted by Crippen LogP contribution is 2.13. The second-order valence-electron chi connectivity index (χ2n) is 4.72.